The Bertz CT molecular complexity index is 601. The number of anilines is 2. The number of aromatic amines is 1. The third-order valence-electron chi connectivity index (χ3n) is 3.08. The number of nitrogens with one attached hydrogen (secondary N) is 2. The monoisotopic (exact) mass is 258 g/mol. The zero-order valence-electron chi connectivity index (χ0n) is 11.3. The topological polar surface area (TPSA) is 83.8 Å². The molecule has 5 nitrogen and oxygen atoms in total. The minimum Gasteiger partial charge on any atom is -0.383 e. The molecule has 2 aromatic rings. The summed E-state index contributed by atoms with van der Waals surface area (Å²) in [6.07, 6.45) is 1.43. The van der Waals surface area contributed by atoms with Gasteiger partial charge in [0.2, 0.25) is 0 Å². The molecular formula is C14H18N4O. The highest BCUT2D eigenvalue weighted by atomic mass is 16.1. The highest BCUT2D eigenvalue weighted by molar-refractivity contribution is 6.07. The van der Waals surface area contributed by atoms with Crippen molar-refractivity contribution in [2.45, 2.75) is 26.7 Å². The van der Waals surface area contributed by atoms with E-state index in [0.717, 1.165) is 16.8 Å². The van der Waals surface area contributed by atoms with Gasteiger partial charge in [0, 0.05) is 5.69 Å². The van der Waals surface area contributed by atoms with Crippen LogP contribution in [0.3, 0.4) is 0 Å². The standard InChI is InChI=1S/C14H18N4O/c1-8(2)10-6-4-5-9(3)12(10)17-14(19)11-7-16-18-13(11)15/h4-8H,1-3H3,(H,17,19)(H3,15,16,18). The second-order valence-electron chi connectivity index (χ2n) is 4.85. The Kier molecular flexibility index (Phi) is 3.55. The molecule has 100 valence electrons. The van der Waals surface area contributed by atoms with Gasteiger partial charge in [-0.3, -0.25) is 9.89 Å². The summed E-state index contributed by atoms with van der Waals surface area (Å²) in [5, 5.41) is 9.23. The summed E-state index contributed by atoms with van der Waals surface area (Å²) >= 11 is 0. The summed E-state index contributed by atoms with van der Waals surface area (Å²) < 4.78 is 0. The van der Waals surface area contributed by atoms with Crippen LogP contribution >= 0.6 is 0 Å². The fraction of sp³-hybridized carbons (Fsp3) is 0.286. The van der Waals surface area contributed by atoms with E-state index in [4.69, 9.17) is 5.73 Å². The van der Waals surface area contributed by atoms with Gasteiger partial charge in [-0.1, -0.05) is 32.0 Å². The average molecular weight is 258 g/mol. The van der Waals surface area contributed by atoms with Crippen LogP contribution in [0.1, 0.15) is 41.3 Å². The number of amides is 1. The highest BCUT2D eigenvalue weighted by Gasteiger charge is 2.16. The van der Waals surface area contributed by atoms with E-state index in [9.17, 15) is 4.79 Å². The van der Waals surface area contributed by atoms with Crippen molar-refractivity contribution in [1.82, 2.24) is 10.2 Å². The number of rotatable bonds is 3. The minimum absolute atomic E-state index is 0.248. The molecule has 19 heavy (non-hydrogen) atoms. The van der Waals surface area contributed by atoms with Crippen molar-refractivity contribution >= 4 is 17.4 Å². The molecular weight excluding hydrogens is 240 g/mol. The van der Waals surface area contributed by atoms with Gasteiger partial charge in [-0.25, -0.2) is 0 Å². The summed E-state index contributed by atoms with van der Waals surface area (Å²) in [6, 6.07) is 5.98. The average Bonchev–Trinajstić information content (AvgIpc) is 2.77. The van der Waals surface area contributed by atoms with Gasteiger partial charge < -0.3 is 11.1 Å². The molecule has 2 rings (SSSR count). The van der Waals surface area contributed by atoms with Crippen LogP contribution in [0.2, 0.25) is 0 Å². The minimum atomic E-state index is -0.248. The number of aromatic nitrogens is 2. The first-order chi connectivity index (χ1) is 9.00. The Morgan fingerprint density at radius 2 is 2.16 bits per heavy atom. The number of nitrogens with zero attached hydrogens (tertiary/aromatic N) is 1. The Balaban J connectivity index is 2.34. The number of nitrogens with two attached hydrogens (primary N) is 1. The van der Waals surface area contributed by atoms with Gasteiger partial charge in [0.25, 0.3) is 5.91 Å². The van der Waals surface area contributed by atoms with Crippen LogP contribution in [-0.2, 0) is 0 Å². The first-order valence-corrected chi connectivity index (χ1v) is 6.20. The lowest BCUT2D eigenvalue weighted by atomic mass is 9.98. The van der Waals surface area contributed by atoms with E-state index in [2.05, 4.69) is 29.4 Å². The van der Waals surface area contributed by atoms with Gasteiger partial charge in [-0.2, -0.15) is 5.10 Å². The number of carbonyl (C=O) groups is 1. The summed E-state index contributed by atoms with van der Waals surface area (Å²) in [4.78, 5) is 12.2. The SMILES string of the molecule is Cc1cccc(C(C)C)c1NC(=O)c1cn[nH]c1N. The van der Waals surface area contributed by atoms with Crippen molar-refractivity contribution in [2.75, 3.05) is 11.1 Å². The van der Waals surface area contributed by atoms with Crippen molar-refractivity contribution in [3.8, 4) is 0 Å². The van der Waals surface area contributed by atoms with E-state index in [1.54, 1.807) is 0 Å². The Labute approximate surface area is 112 Å². The fourth-order valence-electron chi connectivity index (χ4n) is 2.00. The smallest absolute Gasteiger partial charge is 0.261 e. The van der Waals surface area contributed by atoms with E-state index >= 15 is 0 Å². The van der Waals surface area contributed by atoms with Crippen molar-refractivity contribution < 1.29 is 4.79 Å². The van der Waals surface area contributed by atoms with Crippen LogP contribution in [-0.4, -0.2) is 16.1 Å². The number of carbonyl (C=O) groups excluding carboxylic acids is 1. The molecule has 0 saturated heterocycles. The number of hydrogen-bond acceptors (Lipinski definition) is 3. The summed E-state index contributed by atoms with van der Waals surface area (Å²) in [6.45, 7) is 6.16. The number of benzene rings is 1. The number of aryl methyl sites for hydroxylation is 1. The predicted molar refractivity (Wildman–Crippen MR) is 76.2 cm³/mol. The Hall–Kier alpha value is -2.30. The Morgan fingerprint density at radius 3 is 2.74 bits per heavy atom. The van der Waals surface area contributed by atoms with E-state index in [1.165, 1.54) is 6.20 Å². The normalized spacial score (nSPS) is 10.7. The maximum Gasteiger partial charge on any atom is 0.261 e. The lowest BCUT2D eigenvalue weighted by molar-refractivity contribution is 0.102. The van der Waals surface area contributed by atoms with Gasteiger partial charge in [-0.15, -0.1) is 0 Å². The van der Waals surface area contributed by atoms with Gasteiger partial charge in [0.05, 0.1) is 6.20 Å². The van der Waals surface area contributed by atoms with Crippen LogP contribution in [0.15, 0.2) is 24.4 Å². The van der Waals surface area contributed by atoms with Crippen LogP contribution in [0, 0.1) is 6.92 Å². The summed E-state index contributed by atoms with van der Waals surface area (Å²) in [5.74, 6) is 0.358. The number of para-hydroxylation sites is 1. The molecule has 5 heteroatoms. The molecule has 0 atom stereocenters. The molecule has 0 radical (unpaired) electrons. The van der Waals surface area contributed by atoms with Crippen molar-refractivity contribution in [3.05, 3.63) is 41.1 Å². The second kappa shape index (κ2) is 5.14. The van der Waals surface area contributed by atoms with Gasteiger partial charge in [0.15, 0.2) is 0 Å². The molecule has 1 aromatic heterocycles. The van der Waals surface area contributed by atoms with Crippen LogP contribution < -0.4 is 11.1 Å². The molecule has 4 N–H and O–H groups in total. The highest BCUT2D eigenvalue weighted by Crippen LogP contribution is 2.28. The maximum atomic E-state index is 12.2. The first-order valence-electron chi connectivity index (χ1n) is 6.20. The van der Waals surface area contributed by atoms with E-state index < -0.39 is 0 Å². The molecule has 0 spiro atoms. The Morgan fingerprint density at radius 1 is 1.42 bits per heavy atom. The third-order valence-corrected chi connectivity index (χ3v) is 3.08. The zero-order chi connectivity index (χ0) is 14.0. The van der Waals surface area contributed by atoms with Crippen molar-refractivity contribution in [3.63, 3.8) is 0 Å². The first kappa shape index (κ1) is 13.1. The molecule has 0 aliphatic heterocycles. The van der Waals surface area contributed by atoms with E-state index in [0.29, 0.717) is 11.5 Å². The lowest BCUT2D eigenvalue weighted by Gasteiger charge is -2.16. The van der Waals surface area contributed by atoms with Gasteiger partial charge in [0.1, 0.15) is 11.4 Å². The molecule has 0 unspecified atom stereocenters. The molecule has 0 aliphatic rings. The maximum absolute atomic E-state index is 12.2. The summed E-state index contributed by atoms with van der Waals surface area (Å²) in [5.41, 5.74) is 9.00. The van der Waals surface area contributed by atoms with Crippen LogP contribution in [0.5, 0.6) is 0 Å². The fourth-order valence-corrected chi connectivity index (χ4v) is 2.00. The third kappa shape index (κ3) is 2.59. The van der Waals surface area contributed by atoms with Crippen molar-refractivity contribution in [1.29, 1.82) is 0 Å². The van der Waals surface area contributed by atoms with Crippen LogP contribution in [0.25, 0.3) is 0 Å². The largest absolute Gasteiger partial charge is 0.383 e. The lowest BCUT2D eigenvalue weighted by Crippen LogP contribution is -2.15. The quantitative estimate of drug-likeness (QED) is 0.791. The van der Waals surface area contributed by atoms with Gasteiger partial charge >= 0.3 is 0 Å². The number of hydrogen-bond donors (Lipinski definition) is 3. The molecule has 1 heterocycles. The molecule has 1 aromatic carbocycles. The zero-order valence-corrected chi connectivity index (χ0v) is 11.3. The van der Waals surface area contributed by atoms with Crippen molar-refractivity contribution in [2.24, 2.45) is 0 Å². The molecule has 1 amide bonds. The summed E-state index contributed by atoms with van der Waals surface area (Å²) in [7, 11) is 0. The molecule has 0 aliphatic carbocycles. The van der Waals surface area contributed by atoms with E-state index in [1.807, 2.05) is 25.1 Å². The number of H-pyrrole nitrogens is 1. The second-order valence-corrected chi connectivity index (χ2v) is 4.85. The number of nitrogen functional groups attached to an aromatic ring is 1. The molecule has 0 bridgehead atoms. The predicted octanol–water partition coefficient (Wildman–Crippen LogP) is 2.68. The van der Waals surface area contributed by atoms with E-state index in [-0.39, 0.29) is 11.7 Å². The van der Waals surface area contributed by atoms with Gasteiger partial charge in [-0.05, 0) is 24.0 Å². The van der Waals surface area contributed by atoms with Crippen LogP contribution in [0.4, 0.5) is 11.5 Å². The molecule has 0 fully saturated rings. The molecule has 0 saturated carbocycles.